The molecule has 2 aromatic rings. The molecule has 0 aliphatic carbocycles. The van der Waals surface area contributed by atoms with Crippen LogP contribution in [-0.2, 0) is 14.1 Å². The minimum atomic E-state index is -0.940. The third kappa shape index (κ3) is 1.50. The summed E-state index contributed by atoms with van der Waals surface area (Å²) >= 11 is 0. The van der Waals surface area contributed by atoms with E-state index in [0.29, 0.717) is 11.4 Å². The number of aromatic nitrogens is 3. The van der Waals surface area contributed by atoms with E-state index in [0.717, 1.165) is 5.56 Å². The van der Waals surface area contributed by atoms with Crippen LogP contribution in [0, 0.1) is 6.92 Å². The standard InChI is InChI=1S/C11H13N3O2/c1-7-9(11(15)16)10(14(3)12-7)8-4-5-13(2)6-8/h4-6H,1-3H3,(H,15,16). The van der Waals surface area contributed by atoms with Crippen LogP contribution in [-0.4, -0.2) is 25.4 Å². The lowest BCUT2D eigenvalue weighted by atomic mass is 10.1. The number of carboxylic acid groups (broad SMARTS) is 1. The molecule has 5 heteroatoms. The zero-order chi connectivity index (χ0) is 11.9. The van der Waals surface area contributed by atoms with Crippen LogP contribution in [0.3, 0.4) is 0 Å². The summed E-state index contributed by atoms with van der Waals surface area (Å²) in [5.41, 5.74) is 2.32. The second kappa shape index (κ2) is 3.52. The molecule has 0 spiro atoms. The lowest BCUT2D eigenvalue weighted by Gasteiger charge is -2.00. The van der Waals surface area contributed by atoms with E-state index in [4.69, 9.17) is 5.11 Å². The number of aromatic carboxylic acids is 1. The van der Waals surface area contributed by atoms with Gasteiger partial charge in [-0.1, -0.05) is 0 Å². The van der Waals surface area contributed by atoms with E-state index in [1.54, 1.807) is 18.7 Å². The Bertz CT molecular complexity index is 552. The van der Waals surface area contributed by atoms with E-state index in [2.05, 4.69) is 5.10 Å². The number of nitrogens with zero attached hydrogens (tertiary/aromatic N) is 3. The van der Waals surface area contributed by atoms with Gasteiger partial charge in [0.2, 0.25) is 0 Å². The highest BCUT2D eigenvalue weighted by molar-refractivity contribution is 5.96. The summed E-state index contributed by atoms with van der Waals surface area (Å²) in [6, 6.07) is 1.88. The molecule has 2 rings (SSSR count). The summed E-state index contributed by atoms with van der Waals surface area (Å²) in [7, 11) is 3.65. The smallest absolute Gasteiger partial charge is 0.339 e. The Kier molecular flexibility index (Phi) is 2.30. The third-order valence-electron chi connectivity index (χ3n) is 2.54. The first-order valence-electron chi connectivity index (χ1n) is 4.90. The molecular formula is C11H13N3O2. The van der Waals surface area contributed by atoms with Gasteiger partial charge in [-0.05, 0) is 13.0 Å². The summed E-state index contributed by atoms with van der Waals surface area (Å²) in [5.74, 6) is -0.940. The zero-order valence-corrected chi connectivity index (χ0v) is 9.43. The van der Waals surface area contributed by atoms with Crippen LogP contribution in [0.15, 0.2) is 18.5 Å². The number of aryl methyl sites for hydroxylation is 3. The minimum absolute atomic E-state index is 0.272. The van der Waals surface area contributed by atoms with E-state index in [-0.39, 0.29) is 5.56 Å². The maximum absolute atomic E-state index is 11.2. The lowest BCUT2D eigenvalue weighted by molar-refractivity contribution is 0.0697. The Morgan fingerprint density at radius 1 is 1.44 bits per heavy atom. The van der Waals surface area contributed by atoms with Crippen molar-refractivity contribution in [2.24, 2.45) is 14.1 Å². The van der Waals surface area contributed by atoms with E-state index in [1.807, 2.05) is 30.1 Å². The highest BCUT2D eigenvalue weighted by Gasteiger charge is 2.20. The van der Waals surface area contributed by atoms with Crippen LogP contribution in [0.2, 0.25) is 0 Å². The number of hydrogen-bond donors (Lipinski definition) is 1. The molecule has 2 aromatic heterocycles. The number of rotatable bonds is 2. The molecule has 0 bridgehead atoms. The summed E-state index contributed by atoms with van der Waals surface area (Å²) < 4.78 is 3.48. The molecule has 0 saturated carbocycles. The first-order valence-corrected chi connectivity index (χ1v) is 4.90. The molecule has 2 heterocycles. The van der Waals surface area contributed by atoms with Crippen LogP contribution in [0.25, 0.3) is 11.3 Å². The summed E-state index contributed by atoms with van der Waals surface area (Å²) in [5, 5.41) is 13.3. The molecule has 16 heavy (non-hydrogen) atoms. The van der Waals surface area contributed by atoms with E-state index in [1.165, 1.54) is 0 Å². The topological polar surface area (TPSA) is 60.0 Å². The predicted octanol–water partition coefficient (Wildman–Crippen LogP) is 1.43. The third-order valence-corrected chi connectivity index (χ3v) is 2.54. The van der Waals surface area contributed by atoms with Gasteiger partial charge >= 0.3 is 5.97 Å². The summed E-state index contributed by atoms with van der Waals surface area (Å²) in [6.07, 6.45) is 3.76. The SMILES string of the molecule is Cc1nn(C)c(-c2ccn(C)c2)c1C(=O)O. The van der Waals surface area contributed by atoms with Crippen molar-refractivity contribution in [2.45, 2.75) is 6.92 Å². The molecule has 1 N–H and O–H groups in total. The van der Waals surface area contributed by atoms with Gasteiger partial charge < -0.3 is 9.67 Å². The Labute approximate surface area is 92.9 Å². The molecule has 5 nitrogen and oxygen atoms in total. The van der Waals surface area contributed by atoms with Crippen LogP contribution in [0.5, 0.6) is 0 Å². The lowest BCUT2D eigenvalue weighted by Crippen LogP contribution is -2.01. The molecule has 0 unspecified atom stereocenters. The monoisotopic (exact) mass is 219 g/mol. The Morgan fingerprint density at radius 2 is 2.12 bits per heavy atom. The van der Waals surface area contributed by atoms with Crippen LogP contribution in [0.4, 0.5) is 0 Å². The van der Waals surface area contributed by atoms with E-state index >= 15 is 0 Å². The predicted molar refractivity (Wildman–Crippen MR) is 59.3 cm³/mol. The fourth-order valence-corrected chi connectivity index (χ4v) is 1.89. The van der Waals surface area contributed by atoms with Crippen LogP contribution in [0.1, 0.15) is 16.1 Å². The van der Waals surface area contributed by atoms with E-state index < -0.39 is 5.97 Å². The van der Waals surface area contributed by atoms with E-state index in [9.17, 15) is 4.79 Å². The molecule has 0 aliphatic rings. The van der Waals surface area contributed by atoms with Gasteiger partial charge in [0, 0.05) is 32.1 Å². The van der Waals surface area contributed by atoms with Crippen molar-refractivity contribution in [1.82, 2.24) is 14.3 Å². The van der Waals surface area contributed by atoms with Gasteiger partial charge in [0.25, 0.3) is 0 Å². The van der Waals surface area contributed by atoms with Crippen molar-refractivity contribution in [1.29, 1.82) is 0 Å². The van der Waals surface area contributed by atoms with Crippen molar-refractivity contribution in [3.8, 4) is 11.3 Å². The van der Waals surface area contributed by atoms with Crippen molar-refractivity contribution < 1.29 is 9.90 Å². The highest BCUT2D eigenvalue weighted by atomic mass is 16.4. The van der Waals surface area contributed by atoms with Crippen LogP contribution < -0.4 is 0 Å². The second-order valence-corrected chi connectivity index (χ2v) is 3.80. The first kappa shape index (κ1) is 10.5. The molecular weight excluding hydrogens is 206 g/mol. The molecule has 0 amide bonds. The van der Waals surface area contributed by atoms with Crippen molar-refractivity contribution in [3.05, 3.63) is 29.7 Å². The second-order valence-electron chi connectivity index (χ2n) is 3.80. The zero-order valence-electron chi connectivity index (χ0n) is 9.43. The molecule has 0 saturated heterocycles. The Morgan fingerprint density at radius 3 is 2.62 bits per heavy atom. The van der Waals surface area contributed by atoms with Crippen LogP contribution >= 0.6 is 0 Å². The maximum atomic E-state index is 11.2. The number of hydrogen-bond acceptors (Lipinski definition) is 2. The van der Waals surface area contributed by atoms with Gasteiger partial charge in [-0.3, -0.25) is 4.68 Å². The average Bonchev–Trinajstić information content (AvgIpc) is 2.69. The molecule has 0 aliphatic heterocycles. The normalized spacial score (nSPS) is 10.7. The van der Waals surface area contributed by atoms with Gasteiger partial charge in [-0.25, -0.2) is 4.79 Å². The number of carboxylic acids is 1. The van der Waals surface area contributed by atoms with Gasteiger partial charge in [0.05, 0.1) is 11.4 Å². The van der Waals surface area contributed by atoms with Gasteiger partial charge in [-0.2, -0.15) is 5.10 Å². The van der Waals surface area contributed by atoms with Crippen molar-refractivity contribution in [2.75, 3.05) is 0 Å². The molecule has 0 aromatic carbocycles. The molecule has 0 fully saturated rings. The minimum Gasteiger partial charge on any atom is -0.478 e. The Balaban J connectivity index is 2.68. The maximum Gasteiger partial charge on any atom is 0.339 e. The fraction of sp³-hybridized carbons (Fsp3) is 0.273. The molecule has 84 valence electrons. The van der Waals surface area contributed by atoms with Crippen molar-refractivity contribution in [3.63, 3.8) is 0 Å². The van der Waals surface area contributed by atoms with Crippen molar-refractivity contribution >= 4 is 5.97 Å². The highest BCUT2D eigenvalue weighted by Crippen LogP contribution is 2.25. The largest absolute Gasteiger partial charge is 0.478 e. The summed E-state index contributed by atoms with van der Waals surface area (Å²) in [4.78, 5) is 11.2. The Hall–Kier alpha value is -2.04. The van der Waals surface area contributed by atoms with Gasteiger partial charge in [0.1, 0.15) is 5.56 Å². The average molecular weight is 219 g/mol. The number of carbonyl (C=O) groups is 1. The first-order chi connectivity index (χ1) is 7.50. The summed E-state index contributed by atoms with van der Waals surface area (Å²) in [6.45, 7) is 1.70. The van der Waals surface area contributed by atoms with Gasteiger partial charge in [-0.15, -0.1) is 0 Å². The fourth-order valence-electron chi connectivity index (χ4n) is 1.89. The quantitative estimate of drug-likeness (QED) is 0.831. The molecule has 0 radical (unpaired) electrons. The molecule has 0 atom stereocenters. The van der Waals surface area contributed by atoms with Gasteiger partial charge in [0.15, 0.2) is 0 Å².